The summed E-state index contributed by atoms with van der Waals surface area (Å²) in [6.07, 6.45) is 2.42. The Bertz CT molecular complexity index is 358. The molecule has 0 saturated carbocycles. The van der Waals surface area contributed by atoms with Gasteiger partial charge in [0, 0.05) is 6.21 Å². The second kappa shape index (κ2) is 6.61. The first kappa shape index (κ1) is 12.2. The number of nitrogens with one attached hydrogen (secondary N) is 1. The molecule has 0 saturated heterocycles. The van der Waals surface area contributed by atoms with Crippen molar-refractivity contribution in [3.05, 3.63) is 29.8 Å². The quantitative estimate of drug-likeness (QED) is 0.608. The first-order valence-electron chi connectivity index (χ1n) is 5.22. The second-order valence-corrected chi connectivity index (χ2v) is 3.36. The maximum Gasteiger partial charge on any atom is 0.277 e. The highest BCUT2D eigenvalue weighted by Gasteiger charge is 2.00. The van der Waals surface area contributed by atoms with Gasteiger partial charge in [0.2, 0.25) is 0 Å². The minimum atomic E-state index is -0.259. The van der Waals surface area contributed by atoms with Gasteiger partial charge in [-0.2, -0.15) is 5.10 Å². The molecule has 0 heterocycles. The van der Waals surface area contributed by atoms with Gasteiger partial charge in [-0.25, -0.2) is 5.43 Å². The summed E-state index contributed by atoms with van der Waals surface area (Å²) in [5.41, 5.74) is 3.53. The first-order valence-corrected chi connectivity index (χ1v) is 5.22. The normalized spacial score (nSPS) is 10.4. The van der Waals surface area contributed by atoms with Gasteiger partial charge >= 0.3 is 0 Å². The van der Waals surface area contributed by atoms with Crippen molar-refractivity contribution in [2.75, 3.05) is 6.61 Å². The van der Waals surface area contributed by atoms with E-state index >= 15 is 0 Å². The monoisotopic (exact) mass is 220 g/mol. The number of amides is 1. The SMILES string of the molecule is CCC=NNC(=O)COc1ccc(C)cc1. The smallest absolute Gasteiger partial charge is 0.277 e. The van der Waals surface area contributed by atoms with Gasteiger partial charge in [-0.3, -0.25) is 4.79 Å². The van der Waals surface area contributed by atoms with Gasteiger partial charge in [-0.05, 0) is 25.5 Å². The number of carbonyl (C=O) groups excluding carboxylic acids is 1. The molecule has 0 aliphatic carbocycles. The molecule has 1 aromatic carbocycles. The molecule has 1 amide bonds. The van der Waals surface area contributed by atoms with Crippen LogP contribution in [0, 0.1) is 6.92 Å². The highest BCUT2D eigenvalue weighted by atomic mass is 16.5. The third kappa shape index (κ3) is 4.59. The number of rotatable bonds is 5. The van der Waals surface area contributed by atoms with E-state index in [1.807, 2.05) is 38.1 Å². The summed E-state index contributed by atoms with van der Waals surface area (Å²) >= 11 is 0. The number of nitrogens with zero attached hydrogens (tertiary/aromatic N) is 1. The molecule has 0 aliphatic heterocycles. The molecule has 0 atom stereocenters. The van der Waals surface area contributed by atoms with Gasteiger partial charge in [0.05, 0.1) is 0 Å². The van der Waals surface area contributed by atoms with E-state index in [0.29, 0.717) is 5.75 Å². The van der Waals surface area contributed by atoms with Crippen molar-refractivity contribution < 1.29 is 9.53 Å². The summed E-state index contributed by atoms with van der Waals surface area (Å²) in [5, 5.41) is 3.71. The maximum absolute atomic E-state index is 11.2. The number of aryl methyl sites for hydroxylation is 1. The lowest BCUT2D eigenvalue weighted by molar-refractivity contribution is -0.123. The van der Waals surface area contributed by atoms with E-state index in [9.17, 15) is 4.79 Å². The van der Waals surface area contributed by atoms with Crippen molar-refractivity contribution in [3.8, 4) is 5.75 Å². The van der Waals surface area contributed by atoms with Crippen molar-refractivity contribution in [2.24, 2.45) is 5.10 Å². The second-order valence-electron chi connectivity index (χ2n) is 3.36. The van der Waals surface area contributed by atoms with Crippen molar-refractivity contribution >= 4 is 12.1 Å². The molecule has 16 heavy (non-hydrogen) atoms. The van der Waals surface area contributed by atoms with E-state index in [4.69, 9.17) is 4.74 Å². The summed E-state index contributed by atoms with van der Waals surface area (Å²) in [4.78, 5) is 11.2. The zero-order valence-electron chi connectivity index (χ0n) is 9.56. The number of carbonyl (C=O) groups is 1. The van der Waals surface area contributed by atoms with Crippen molar-refractivity contribution in [1.82, 2.24) is 5.43 Å². The topological polar surface area (TPSA) is 50.7 Å². The summed E-state index contributed by atoms with van der Waals surface area (Å²) in [7, 11) is 0. The molecule has 1 aromatic rings. The van der Waals surface area contributed by atoms with E-state index in [-0.39, 0.29) is 12.5 Å². The Kier molecular flexibility index (Phi) is 5.05. The number of benzene rings is 1. The van der Waals surface area contributed by atoms with Crippen LogP contribution < -0.4 is 10.2 Å². The maximum atomic E-state index is 11.2. The van der Waals surface area contributed by atoms with Gasteiger partial charge in [-0.1, -0.05) is 24.6 Å². The molecular weight excluding hydrogens is 204 g/mol. The predicted octanol–water partition coefficient (Wildman–Crippen LogP) is 1.89. The van der Waals surface area contributed by atoms with Gasteiger partial charge in [0.25, 0.3) is 5.91 Å². The number of hydrazone groups is 1. The van der Waals surface area contributed by atoms with E-state index in [0.717, 1.165) is 12.0 Å². The Morgan fingerprint density at radius 1 is 1.44 bits per heavy atom. The largest absolute Gasteiger partial charge is 0.484 e. The fourth-order valence-corrected chi connectivity index (χ4v) is 1.02. The highest BCUT2D eigenvalue weighted by Crippen LogP contribution is 2.10. The van der Waals surface area contributed by atoms with E-state index in [2.05, 4.69) is 10.5 Å². The van der Waals surface area contributed by atoms with Crippen LogP contribution >= 0.6 is 0 Å². The standard InChI is InChI=1S/C12H16N2O2/c1-3-8-13-14-12(15)9-16-11-6-4-10(2)5-7-11/h4-8H,3,9H2,1-2H3,(H,14,15). The summed E-state index contributed by atoms with van der Waals surface area (Å²) in [6, 6.07) is 7.53. The van der Waals surface area contributed by atoms with Crippen LogP contribution in [0.3, 0.4) is 0 Å². The van der Waals surface area contributed by atoms with E-state index < -0.39 is 0 Å². The molecule has 86 valence electrons. The van der Waals surface area contributed by atoms with Crippen molar-refractivity contribution in [1.29, 1.82) is 0 Å². The summed E-state index contributed by atoms with van der Waals surface area (Å²) in [6.45, 7) is 3.92. The third-order valence-electron chi connectivity index (χ3n) is 1.85. The Balaban J connectivity index is 2.31. The van der Waals surface area contributed by atoms with Crippen LogP contribution in [0.1, 0.15) is 18.9 Å². The lowest BCUT2D eigenvalue weighted by Crippen LogP contribution is -2.24. The lowest BCUT2D eigenvalue weighted by Gasteiger charge is -2.04. The summed E-state index contributed by atoms with van der Waals surface area (Å²) < 4.78 is 5.27. The molecule has 0 bridgehead atoms. The molecular formula is C12H16N2O2. The number of ether oxygens (including phenoxy) is 1. The molecule has 0 aromatic heterocycles. The Morgan fingerprint density at radius 2 is 2.12 bits per heavy atom. The molecule has 4 nitrogen and oxygen atoms in total. The van der Waals surface area contributed by atoms with Crippen molar-refractivity contribution in [3.63, 3.8) is 0 Å². The molecule has 0 aliphatic rings. The van der Waals surface area contributed by atoms with E-state index in [1.54, 1.807) is 6.21 Å². The fraction of sp³-hybridized carbons (Fsp3) is 0.333. The first-order chi connectivity index (χ1) is 7.72. The van der Waals surface area contributed by atoms with Crippen LogP contribution in [0.5, 0.6) is 5.75 Å². The Morgan fingerprint density at radius 3 is 2.75 bits per heavy atom. The van der Waals surface area contributed by atoms with Crippen LogP contribution in [-0.2, 0) is 4.79 Å². The average molecular weight is 220 g/mol. The molecule has 0 fully saturated rings. The third-order valence-corrected chi connectivity index (χ3v) is 1.85. The number of hydrogen-bond acceptors (Lipinski definition) is 3. The van der Waals surface area contributed by atoms with Crippen LogP contribution in [0.15, 0.2) is 29.4 Å². The number of hydrogen-bond donors (Lipinski definition) is 1. The minimum absolute atomic E-state index is 0.0237. The van der Waals surface area contributed by atoms with Crippen LogP contribution in [-0.4, -0.2) is 18.7 Å². The fourth-order valence-electron chi connectivity index (χ4n) is 1.02. The molecule has 0 radical (unpaired) electrons. The highest BCUT2D eigenvalue weighted by molar-refractivity contribution is 5.78. The molecule has 0 unspecified atom stereocenters. The van der Waals surface area contributed by atoms with Crippen LogP contribution in [0.2, 0.25) is 0 Å². The molecule has 4 heteroatoms. The van der Waals surface area contributed by atoms with Crippen LogP contribution in [0.25, 0.3) is 0 Å². The lowest BCUT2D eigenvalue weighted by atomic mass is 10.2. The van der Waals surface area contributed by atoms with Crippen LogP contribution in [0.4, 0.5) is 0 Å². The summed E-state index contributed by atoms with van der Waals surface area (Å²) in [5.74, 6) is 0.422. The predicted molar refractivity (Wildman–Crippen MR) is 63.6 cm³/mol. The Labute approximate surface area is 95.3 Å². The molecule has 1 N–H and O–H groups in total. The van der Waals surface area contributed by atoms with Gasteiger partial charge in [0.15, 0.2) is 6.61 Å². The zero-order chi connectivity index (χ0) is 11.8. The van der Waals surface area contributed by atoms with Gasteiger partial charge < -0.3 is 4.74 Å². The molecule has 0 spiro atoms. The Hall–Kier alpha value is -1.84. The van der Waals surface area contributed by atoms with Gasteiger partial charge in [-0.15, -0.1) is 0 Å². The van der Waals surface area contributed by atoms with Gasteiger partial charge in [0.1, 0.15) is 5.75 Å². The van der Waals surface area contributed by atoms with E-state index in [1.165, 1.54) is 0 Å². The molecule has 1 rings (SSSR count). The van der Waals surface area contributed by atoms with Crippen molar-refractivity contribution in [2.45, 2.75) is 20.3 Å². The zero-order valence-corrected chi connectivity index (χ0v) is 9.56. The average Bonchev–Trinajstić information content (AvgIpc) is 2.29. The minimum Gasteiger partial charge on any atom is -0.484 e.